The molecule has 0 spiro atoms. The molecule has 0 saturated heterocycles. The van der Waals surface area contributed by atoms with Gasteiger partial charge in [-0.25, -0.2) is 0 Å². The van der Waals surface area contributed by atoms with Gasteiger partial charge in [-0.15, -0.1) is 11.6 Å². The Morgan fingerprint density at radius 3 is 2.08 bits per heavy atom. The monoisotopic (exact) mass is 214 g/mol. The number of unbranched alkanes of at least 4 members (excludes halogenated alkanes) is 4. The van der Waals surface area contributed by atoms with Gasteiger partial charge >= 0.3 is 0 Å². The van der Waals surface area contributed by atoms with Gasteiger partial charge in [0.2, 0.25) is 0 Å². The highest BCUT2D eigenvalue weighted by Crippen LogP contribution is 2.02. The van der Waals surface area contributed by atoms with Gasteiger partial charge in [0.15, 0.2) is 0 Å². The average Bonchev–Trinajstić information content (AvgIpc) is 1.97. The topological polar surface area (TPSA) is 66.2 Å². The molecule has 5 heteroatoms. The zero-order valence-corrected chi connectivity index (χ0v) is 9.00. The zero-order valence-electron chi connectivity index (χ0n) is 7.42. The quantitative estimate of drug-likeness (QED) is 0.432. The molecule has 0 aliphatic carbocycles. The molecule has 3 nitrogen and oxygen atoms in total. The molecule has 0 rings (SSSR count). The van der Waals surface area contributed by atoms with Crippen LogP contribution in [0.1, 0.15) is 39.0 Å². The minimum absolute atomic E-state index is 0.837. The van der Waals surface area contributed by atoms with Gasteiger partial charge < -0.3 is 4.55 Å². The van der Waals surface area contributed by atoms with Crippen molar-refractivity contribution in [1.29, 1.82) is 0 Å². The van der Waals surface area contributed by atoms with E-state index in [0.29, 0.717) is 0 Å². The van der Waals surface area contributed by atoms with Crippen LogP contribution in [0.25, 0.3) is 0 Å². The van der Waals surface area contributed by atoms with Crippen molar-refractivity contribution in [3.8, 4) is 0 Å². The van der Waals surface area contributed by atoms with E-state index >= 15 is 0 Å². The van der Waals surface area contributed by atoms with Crippen LogP contribution in [0.4, 0.5) is 0 Å². The van der Waals surface area contributed by atoms with E-state index in [1.54, 1.807) is 0 Å². The summed E-state index contributed by atoms with van der Waals surface area (Å²) < 4.78 is 17.6. The van der Waals surface area contributed by atoms with E-state index in [1.807, 2.05) is 0 Å². The molecule has 0 bridgehead atoms. The molecule has 0 saturated carbocycles. The lowest BCUT2D eigenvalue weighted by Crippen LogP contribution is -1.97. The van der Waals surface area contributed by atoms with Crippen LogP contribution in [0.2, 0.25) is 0 Å². The van der Waals surface area contributed by atoms with Gasteiger partial charge in [0.1, 0.15) is 0 Å². The highest BCUT2D eigenvalue weighted by Gasteiger charge is 1.84. The highest BCUT2D eigenvalue weighted by atomic mass is 35.5. The number of hydrogen-bond acceptors (Lipinski definition) is 2. The lowest BCUT2D eigenvalue weighted by Gasteiger charge is -1.93. The van der Waals surface area contributed by atoms with Gasteiger partial charge in [-0.3, -0.25) is 9.35 Å². The largest absolute Gasteiger partial charge is 0.760 e. The second-order valence-corrected chi connectivity index (χ2v) is 3.26. The van der Waals surface area contributed by atoms with Gasteiger partial charge in [-0.1, -0.05) is 32.6 Å². The third-order valence-corrected chi connectivity index (χ3v) is 1.50. The van der Waals surface area contributed by atoms with Gasteiger partial charge in [0.25, 0.3) is 0 Å². The molecule has 0 aliphatic rings. The van der Waals surface area contributed by atoms with Crippen molar-refractivity contribution in [2.24, 2.45) is 5.14 Å². The summed E-state index contributed by atoms with van der Waals surface area (Å²) in [5.41, 5.74) is 0. The first-order valence-corrected chi connectivity index (χ1v) is 5.72. The minimum Gasteiger partial charge on any atom is -0.760 e. The molecule has 1 unspecified atom stereocenters. The van der Waals surface area contributed by atoms with Crippen LogP contribution in [-0.4, -0.2) is 14.6 Å². The van der Waals surface area contributed by atoms with Gasteiger partial charge in [-0.05, 0) is 6.42 Å². The summed E-state index contributed by atoms with van der Waals surface area (Å²) in [6.45, 7) is 2.22. The third-order valence-electron chi connectivity index (χ3n) is 1.24. The Balaban J connectivity index is 0. The maximum Gasteiger partial charge on any atom is 0.0223 e. The van der Waals surface area contributed by atoms with E-state index in [0.717, 1.165) is 5.88 Å². The maximum atomic E-state index is 8.78. The molecule has 0 aromatic carbocycles. The summed E-state index contributed by atoms with van der Waals surface area (Å²) in [5.74, 6) is 0.837. The predicted molar refractivity (Wildman–Crippen MR) is 52.6 cm³/mol. The molecule has 0 fully saturated rings. The van der Waals surface area contributed by atoms with E-state index in [1.165, 1.54) is 32.1 Å². The van der Waals surface area contributed by atoms with Crippen LogP contribution in [0.15, 0.2) is 0 Å². The first-order valence-electron chi connectivity index (χ1n) is 4.04. The fourth-order valence-electron chi connectivity index (χ4n) is 0.698. The van der Waals surface area contributed by atoms with Crippen LogP contribution in [0, 0.1) is 0 Å². The molecule has 1 atom stereocenters. The summed E-state index contributed by atoms with van der Waals surface area (Å²) in [4.78, 5) is 0. The molecule has 0 aromatic rings. The first-order chi connectivity index (χ1) is 5.65. The van der Waals surface area contributed by atoms with E-state index in [-0.39, 0.29) is 0 Å². The smallest absolute Gasteiger partial charge is 0.0223 e. The van der Waals surface area contributed by atoms with Crippen molar-refractivity contribution in [3.63, 3.8) is 0 Å². The van der Waals surface area contributed by atoms with E-state index in [2.05, 4.69) is 12.1 Å². The number of nitrogens with two attached hydrogens (primary N) is 1. The zero-order chi connectivity index (χ0) is 9.82. The lowest BCUT2D eigenvalue weighted by molar-refractivity contribution is 0.539. The Labute approximate surface area is 82.1 Å². The molecule has 12 heavy (non-hydrogen) atoms. The van der Waals surface area contributed by atoms with Crippen LogP contribution in [0.5, 0.6) is 0 Å². The summed E-state index contributed by atoms with van der Waals surface area (Å²) in [7, 11) is 0. The summed E-state index contributed by atoms with van der Waals surface area (Å²) in [6.07, 6.45) is 6.57. The minimum atomic E-state index is -2.36. The molecule has 76 valence electrons. The summed E-state index contributed by atoms with van der Waals surface area (Å²) >= 11 is 3.12. The standard InChI is InChI=1S/C7H15Cl.H3NO2S/c1-2-3-4-5-6-7-8;1-4(2)3/h2-7H2,1H3;1H2,(H,2,3)/p-1. The first kappa shape index (κ1) is 14.9. The van der Waals surface area contributed by atoms with Crippen LogP contribution in [-0.2, 0) is 11.3 Å². The summed E-state index contributed by atoms with van der Waals surface area (Å²) in [5, 5.41) is 4.03. The molecule has 0 aromatic heterocycles. The normalized spacial score (nSPS) is 11.7. The predicted octanol–water partition coefficient (Wildman–Crippen LogP) is 1.93. The Morgan fingerprint density at radius 1 is 1.33 bits per heavy atom. The van der Waals surface area contributed by atoms with Crippen LogP contribution < -0.4 is 5.14 Å². The Kier molecular flexibility index (Phi) is 17.2. The number of halogens is 1. The van der Waals surface area contributed by atoms with Gasteiger partial charge in [0, 0.05) is 17.1 Å². The molecule has 0 radical (unpaired) electrons. The van der Waals surface area contributed by atoms with Crippen molar-refractivity contribution in [2.45, 2.75) is 39.0 Å². The van der Waals surface area contributed by atoms with Gasteiger partial charge in [-0.2, -0.15) is 0 Å². The van der Waals surface area contributed by atoms with E-state index < -0.39 is 11.3 Å². The number of hydrogen-bond donors (Lipinski definition) is 1. The molecule has 0 heterocycles. The molecule has 2 N–H and O–H groups in total. The number of rotatable bonds is 5. The SMILES string of the molecule is CCCCCCCCl.NS(=O)[O-]. The maximum absolute atomic E-state index is 8.78. The van der Waals surface area contributed by atoms with Crippen molar-refractivity contribution in [2.75, 3.05) is 5.88 Å². The van der Waals surface area contributed by atoms with Crippen molar-refractivity contribution >= 4 is 22.9 Å². The molecular weight excluding hydrogens is 198 g/mol. The second kappa shape index (κ2) is 13.9. The molecular formula is C7H17ClNO2S-. The fourth-order valence-corrected chi connectivity index (χ4v) is 0.887. The van der Waals surface area contributed by atoms with Crippen LogP contribution in [0.3, 0.4) is 0 Å². The summed E-state index contributed by atoms with van der Waals surface area (Å²) in [6, 6.07) is 0. The van der Waals surface area contributed by atoms with Crippen molar-refractivity contribution in [1.82, 2.24) is 0 Å². The Bertz CT molecular complexity index is 93.4. The Hall–Kier alpha value is 0.360. The molecule has 0 amide bonds. The second-order valence-electron chi connectivity index (χ2n) is 2.36. The highest BCUT2D eigenvalue weighted by molar-refractivity contribution is 7.76. The van der Waals surface area contributed by atoms with Crippen molar-refractivity contribution < 1.29 is 8.76 Å². The van der Waals surface area contributed by atoms with E-state index in [9.17, 15) is 0 Å². The third kappa shape index (κ3) is 31.6. The van der Waals surface area contributed by atoms with E-state index in [4.69, 9.17) is 20.4 Å². The Morgan fingerprint density at radius 2 is 1.75 bits per heavy atom. The van der Waals surface area contributed by atoms with Crippen LogP contribution >= 0.6 is 11.6 Å². The lowest BCUT2D eigenvalue weighted by atomic mass is 10.2. The number of alkyl halides is 1. The molecule has 0 aliphatic heterocycles. The fraction of sp³-hybridized carbons (Fsp3) is 1.00. The van der Waals surface area contributed by atoms with Crippen molar-refractivity contribution in [3.05, 3.63) is 0 Å². The van der Waals surface area contributed by atoms with Gasteiger partial charge in [0.05, 0.1) is 0 Å². The average molecular weight is 215 g/mol.